The molecule has 30 heavy (non-hydrogen) atoms. The molecule has 158 valence electrons. The van der Waals surface area contributed by atoms with Crippen LogP contribution in [0.4, 0.5) is 13.2 Å². The molecular weight excluding hydrogens is 401 g/mol. The first-order chi connectivity index (χ1) is 14.4. The second-order valence-corrected chi connectivity index (χ2v) is 7.17. The molecule has 2 atom stereocenters. The maximum Gasteiger partial charge on any atom is 0.416 e. The molecule has 1 fully saturated rings. The van der Waals surface area contributed by atoms with E-state index in [-0.39, 0.29) is 18.5 Å². The highest BCUT2D eigenvalue weighted by atomic mass is 19.4. The van der Waals surface area contributed by atoms with Gasteiger partial charge in [0.2, 0.25) is 5.91 Å². The van der Waals surface area contributed by atoms with Crippen molar-refractivity contribution in [2.75, 3.05) is 6.54 Å². The van der Waals surface area contributed by atoms with Gasteiger partial charge in [0.05, 0.1) is 30.2 Å². The summed E-state index contributed by atoms with van der Waals surface area (Å²) in [5.74, 6) is -0.258. The van der Waals surface area contributed by atoms with Crippen LogP contribution in [-0.4, -0.2) is 43.6 Å². The maximum atomic E-state index is 12.9. The van der Waals surface area contributed by atoms with E-state index in [4.69, 9.17) is 4.42 Å². The fraction of sp³-hybridized carbons (Fsp3) is 0.368. The zero-order valence-corrected chi connectivity index (χ0v) is 15.8. The van der Waals surface area contributed by atoms with E-state index >= 15 is 0 Å². The Morgan fingerprint density at radius 3 is 2.83 bits per heavy atom. The van der Waals surface area contributed by atoms with Crippen LogP contribution < -0.4 is 5.32 Å². The number of nitrogens with one attached hydrogen (secondary N) is 1. The molecule has 11 heteroatoms. The number of rotatable bonds is 6. The van der Waals surface area contributed by atoms with Gasteiger partial charge >= 0.3 is 6.18 Å². The lowest BCUT2D eigenvalue weighted by Gasteiger charge is -2.22. The van der Waals surface area contributed by atoms with Gasteiger partial charge in [-0.2, -0.15) is 13.2 Å². The van der Waals surface area contributed by atoms with Crippen molar-refractivity contribution < 1.29 is 22.4 Å². The molecule has 1 aromatic carbocycles. The fourth-order valence-corrected chi connectivity index (χ4v) is 3.64. The quantitative estimate of drug-likeness (QED) is 0.659. The minimum absolute atomic E-state index is 0.00828. The molecule has 1 aliphatic heterocycles. The first kappa shape index (κ1) is 20.1. The Morgan fingerprint density at radius 1 is 1.27 bits per heavy atom. The highest BCUT2D eigenvalue weighted by Gasteiger charge is 2.38. The van der Waals surface area contributed by atoms with Gasteiger partial charge in [-0.25, -0.2) is 4.68 Å². The van der Waals surface area contributed by atoms with Gasteiger partial charge < -0.3 is 9.73 Å². The summed E-state index contributed by atoms with van der Waals surface area (Å²) < 4.78 is 45.4. The predicted molar refractivity (Wildman–Crippen MR) is 97.7 cm³/mol. The van der Waals surface area contributed by atoms with E-state index in [1.807, 2.05) is 11.0 Å². The van der Waals surface area contributed by atoms with E-state index in [2.05, 4.69) is 20.8 Å². The Bertz CT molecular complexity index is 975. The predicted octanol–water partition coefficient (Wildman–Crippen LogP) is 2.42. The van der Waals surface area contributed by atoms with Gasteiger partial charge in [-0.3, -0.25) is 9.69 Å². The van der Waals surface area contributed by atoms with Crippen LogP contribution >= 0.6 is 0 Å². The minimum atomic E-state index is -4.42. The van der Waals surface area contributed by atoms with E-state index in [0.717, 1.165) is 17.7 Å². The summed E-state index contributed by atoms with van der Waals surface area (Å²) in [7, 11) is 0. The number of nitrogens with zero attached hydrogens (tertiary/aromatic N) is 5. The molecule has 1 N–H and O–H groups in total. The average molecular weight is 420 g/mol. The van der Waals surface area contributed by atoms with Crippen LogP contribution in [0, 0.1) is 0 Å². The average Bonchev–Trinajstić information content (AvgIpc) is 3.47. The van der Waals surface area contributed by atoms with Crippen molar-refractivity contribution in [1.29, 1.82) is 0 Å². The number of carbonyl (C=O) groups is 1. The molecule has 0 unspecified atom stereocenters. The number of furan rings is 1. The number of aromatic nitrogens is 4. The number of benzene rings is 1. The lowest BCUT2D eigenvalue weighted by Crippen LogP contribution is -2.42. The van der Waals surface area contributed by atoms with E-state index in [9.17, 15) is 18.0 Å². The van der Waals surface area contributed by atoms with Gasteiger partial charge in [-0.1, -0.05) is 12.1 Å². The Hall–Kier alpha value is -3.21. The summed E-state index contributed by atoms with van der Waals surface area (Å²) in [6.07, 6.45) is 0.738. The van der Waals surface area contributed by atoms with Crippen molar-refractivity contribution in [2.45, 2.75) is 37.8 Å². The van der Waals surface area contributed by atoms with Crippen LogP contribution in [0.5, 0.6) is 0 Å². The number of amides is 1. The SMILES string of the molecule is O=C(NCc1cccc(C(F)(F)F)c1)[C@@H]1C[C@@H](n2cnnn2)CN1Cc1ccoc1. The molecule has 1 saturated heterocycles. The molecule has 1 amide bonds. The maximum absolute atomic E-state index is 12.9. The molecule has 0 saturated carbocycles. The lowest BCUT2D eigenvalue weighted by molar-refractivity contribution is -0.137. The van der Waals surface area contributed by atoms with E-state index in [0.29, 0.717) is 25.1 Å². The van der Waals surface area contributed by atoms with Crippen LogP contribution in [0.25, 0.3) is 0 Å². The first-order valence-corrected chi connectivity index (χ1v) is 9.31. The molecule has 2 aromatic heterocycles. The largest absolute Gasteiger partial charge is 0.472 e. The Kier molecular flexibility index (Phi) is 5.53. The van der Waals surface area contributed by atoms with Crippen molar-refractivity contribution >= 4 is 5.91 Å². The monoisotopic (exact) mass is 420 g/mol. The normalized spacial score (nSPS) is 19.8. The number of carbonyl (C=O) groups excluding carboxylic acids is 1. The van der Waals surface area contributed by atoms with Gasteiger partial charge in [0, 0.05) is 25.2 Å². The minimum Gasteiger partial charge on any atom is -0.472 e. The van der Waals surface area contributed by atoms with Crippen molar-refractivity contribution in [3.63, 3.8) is 0 Å². The zero-order chi connectivity index (χ0) is 21.1. The molecule has 3 aromatic rings. The number of hydrogen-bond donors (Lipinski definition) is 1. The van der Waals surface area contributed by atoms with Gasteiger partial charge in [-0.15, -0.1) is 5.10 Å². The highest BCUT2D eigenvalue weighted by molar-refractivity contribution is 5.82. The Balaban J connectivity index is 1.45. The van der Waals surface area contributed by atoms with Crippen molar-refractivity contribution in [3.05, 3.63) is 65.9 Å². The number of hydrogen-bond acceptors (Lipinski definition) is 6. The van der Waals surface area contributed by atoms with Crippen molar-refractivity contribution in [1.82, 2.24) is 30.4 Å². The molecule has 0 radical (unpaired) electrons. The molecule has 3 heterocycles. The molecule has 0 aliphatic carbocycles. The number of halogens is 3. The number of likely N-dealkylation sites (tertiary alicyclic amines) is 1. The number of alkyl halides is 3. The fourth-order valence-electron chi connectivity index (χ4n) is 3.64. The van der Waals surface area contributed by atoms with Gasteiger partial charge in [-0.05, 0) is 40.6 Å². The molecule has 1 aliphatic rings. The van der Waals surface area contributed by atoms with Gasteiger partial charge in [0.25, 0.3) is 0 Å². The Labute approximate surface area is 169 Å². The van der Waals surface area contributed by atoms with Crippen LogP contribution in [0.1, 0.15) is 29.2 Å². The summed E-state index contributed by atoms with van der Waals surface area (Å²) in [4.78, 5) is 14.9. The summed E-state index contributed by atoms with van der Waals surface area (Å²) in [5.41, 5.74) is 0.563. The first-order valence-electron chi connectivity index (χ1n) is 9.31. The third-order valence-corrected chi connectivity index (χ3v) is 5.11. The topological polar surface area (TPSA) is 89.1 Å². The van der Waals surface area contributed by atoms with Crippen LogP contribution in [0.3, 0.4) is 0 Å². The Morgan fingerprint density at radius 2 is 2.13 bits per heavy atom. The van der Waals surface area contributed by atoms with Crippen LogP contribution in [-0.2, 0) is 24.1 Å². The summed E-state index contributed by atoms with van der Waals surface area (Å²) in [6.45, 7) is 1.06. The van der Waals surface area contributed by atoms with Gasteiger partial charge in [0.15, 0.2) is 0 Å². The highest BCUT2D eigenvalue weighted by Crippen LogP contribution is 2.30. The standard InChI is InChI=1S/C19H19F3N6O2/c20-19(21,22)15-3-1-2-13(6-15)8-23-18(29)17-7-16(28-12-24-25-26-28)10-27(17)9-14-4-5-30-11-14/h1-6,11-12,16-17H,7-10H2,(H,23,29)/t16-,17+/m1/s1. The zero-order valence-electron chi connectivity index (χ0n) is 15.8. The van der Waals surface area contributed by atoms with Crippen LogP contribution in [0.2, 0.25) is 0 Å². The second-order valence-electron chi connectivity index (χ2n) is 7.17. The second kappa shape index (κ2) is 8.27. The molecule has 0 bridgehead atoms. The van der Waals surface area contributed by atoms with E-state index in [1.54, 1.807) is 23.3 Å². The third-order valence-electron chi connectivity index (χ3n) is 5.11. The summed E-state index contributed by atoms with van der Waals surface area (Å²) >= 11 is 0. The van der Waals surface area contributed by atoms with Crippen LogP contribution in [0.15, 0.2) is 53.6 Å². The number of tetrazole rings is 1. The van der Waals surface area contributed by atoms with Crippen molar-refractivity contribution in [3.8, 4) is 0 Å². The third kappa shape index (κ3) is 4.51. The molecule has 4 rings (SSSR count). The van der Waals surface area contributed by atoms with E-state index < -0.39 is 17.8 Å². The smallest absolute Gasteiger partial charge is 0.416 e. The summed E-state index contributed by atoms with van der Waals surface area (Å²) in [6, 6.07) is 6.20. The van der Waals surface area contributed by atoms with Crippen molar-refractivity contribution in [2.24, 2.45) is 0 Å². The lowest BCUT2D eigenvalue weighted by atomic mass is 10.1. The molecule has 0 spiro atoms. The summed E-state index contributed by atoms with van der Waals surface area (Å²) in [5, 5.41) is 14.0. The molecular formula is C19H19F3N6O2. The van der Waals surface area contributed by atoms with Gasteiger partial charge in [0.1, 0.15) is 6.33 Å². The molecule has 8 nitrogen and oxygen atoms in total. The van der Waals surface area contributed by atoms with E-state index in [1.165, 1.54) is 12.4 Å².